The van der Waals surface area contributed by atoms with E-state index in [1.807, 2.05) is 18.2 Å². The number of halogens is 1. The van der Waals surface area contributed by atoms with Gasteiger partial charge in [0, 0.05) is 47.8 Å². The first-order chi connectivity index (χ1) is 17.4. The van der Waals surface area contributed by atoms with E-state index in [1.165, 1.54) is 0 Å². The molecule has 4 aromatic rings. The van der Waals surface area contributed by atoms with Gasteiger partial charge in [0.2, 0.25) is 0 Å². The number of aryl methyl sites for hydroxylation is 1. The van der Waals surface area contributed by atoms with Gasteiger partial charge >= 0.3 is 5.97 Å². The van der Waals surface area contributed by atoms with Crippen LogP contribution in [-0.2, 0) is 17.8 Å². The van der Waals surface area contributed by atoms with Crippen LogP contribution in [0.1, 0.15) is 35.3 Å². The maximum Gasteiger partial charge on any atom is 0.309 e. The predicted octanol–water partition coefficient (Wildman–Crippen LogP) is 3.58. The lowest BCUT2D eigenvalue weighted by molar-refractivity contribution is -0.136. The monoisotopic (exact) mass is 507 g/mol. The van der Waals surface area contributed by atoms with Crippen LogP contribution in [0.3, 0.4) is 0 Å². The van der Waals surface area contributed by atoms with Gasteiger partial charge in [0.05, 0.1) is 23.0 Å². The molecule has 9 nitrogen and oxygen atoms in total. The summed E-state index contributed by atoms with van der Waals surface area (Å²) in [6.45, 7) is 2.68. The Morgan fingerprint density at radius 2 is 1.86 bits per heavy atom. The Morgan fingerprint density at radius 1 is 1.11 bits per heavy atom. The summed E-state index contributed by atoms with van der Waals surface area (Å²) in [4.78, 5) is 39.6. The van der Waals surface area contributed by atoms with Crippen LogP contribution in [0, 0.1) is 0 Å². The molecule has 0 aliphatic carbocycles. The first-order valence-corrected chi connectivity index (χ1v) is 12.3. The number of fused-ring (bicyclic) bond motifs is 3. The van der Waals surface area contributed by atoms with Crippen LogP contribution in [0.4, 0.5) is 5.69 Å². The number of pyridine rings is 1. The van der Waals surface area contributed by atoms with E-state index in [2.05, 4.69) is 20.4 Å². The topological polar surface area (TPSA) is 120 Å². The number of carbonyl (C=O) groups excluding carboxylic acids is 1. The Kier molecular flexibility index (Phi) is 6.65. The van der Waals surface area contributed by atoms with Crippen molar-refractivity contribution in [1.29, 1.82) is 0 Å². The van der Waals surface area contributed by atoms with Crippen molar-refractivity contribution in [3.63, 3.8) is 0 Å². The van der Waals surface area contributed by atoms with Crippen LogP contribution >= 0.6 is 11.6 Å². The van der Waals surface area contributed by atoms with Gasteiger partial charge in [-0.2, -0.15) is 5.10 Å². The number of hydrogen-bond donors (Lipinski definition) is 3. The zero-order valence-electron chi connectivity index (χ0n) is 19.6. The molecule has 0 saturated carbocycles. The lowest BCUT2D eigenvalue weighted by Crippen LogP contribution is -2.27. The highest BCUT2D eigenvalue weighted by Gasteiger charge is 2.20. The standard InChI is InChI=1S/C26H26ClN5O4/c27-17-6-4-16(5-7-17)25(35)28-10-3-13-32-21-9-8-18(31-11-1-2-12-31)14-19(21)24-23(26(32)36)20(29-30-24)15-22(33)34/h4-9,14H,1-3,10-13,15H2,(H,28,35)(H,29,30)(H,33,34). The molecule has 0 radical (unpaired) electrons. The molecule has 2 aromatic heterocycles. The molecule has 0 atom stereocenters. The Hall–Kier alpha value is -3.85. The van der Waals surface area contributed by atoms with Crippen LogP contribution < -0.4 is 15.8 Å². The molecule has 3 N–H and O–H groups in total. The normalized spacial score (nSPS) is 13.5. The van der Waals surface area contributed by atoms with Crippen LogP contribution in [0.5, 0.6) is 0 Å². The van der Waals surface area contributed by atoms with Gasteiger partial charge in [0.25, 0.3) is 11.5 Å². The molecule has 0 unspecified atom stereocenters. The Balaban J connectivity index is 1.46. The summed E-state index contributed by atoms with van der Waals surface area (Å²) in [6.07, 6.45) is 2.47. The van der Waals surface area contributed by atoms with Crippen molar-refractivity contribution >= 4 is 51.0 Å². The molecule has 1 saturated heterocycles. The molecule has 186 valence electrons. The number of H-pyrrole nitrogens is 1. The highest BCUT2D eigenvalue weighted by Crippen LogP contribution is 2.29. The summed E-state index contributed by atoms with van der Waals surface area (Å²) < 4.78 is 1.65. The van der Waals surface area contributed by atoms with E-state index in [9.17, 15) is 19.5 Å². The van der Waals surface area contributed by atoms with Gasteiger partial charge in [0.15, 0.2) is 0 Å². The molecule has 36 heavy (non-hydrogen) atoms. The molecule has 5 rings (SSSR count). The van der Waals surface area contributed by atoms with Crippen molar-refractivity contribution in [3.8, 4) is 0 Å². The number of aromatic nitrogens is 3. The summed E-state index contributed by atoms with van der Waals surface area (Å²) in [5.74, 6) is -1.25. The van der Waals surface area contributed by atoms with Crippen molar-refractivity contribution in [2.45, 2.75) is 32.2 Å². The molecule has 0 spiro atoms. The number of aromatic amines is 1. The Labute approximate surface area is 211 Å². The number of rotatable bonds is 8. The number of nitrogens with zero attached hydrogens (tertiary/aromatic N) is 3. The largest absolute Gasteiger partial charge is 0.481 e. The minimum atomic E-state index is -1.04. The van der Waals surface area contributed by atoms with Gasteiger partial charge in [-0.25, -0.2) is 0 Å². The van der Waals surface area contributed by atoms with Crippen LogP contribution in [0.15, 0.2) is 47.3 Å². The summed E-state index contributed by atoms with van der Waals surface area (Å²) in [6, 6.07) is 12.6. The maximum atomic E-state index is 13.5. The zero-order valence-corrected chi connectivity index (χ0v) is 20.3. The van der Waals surface area contributed by atoms with Crippen molar-refractivity contribution in [1.82, 2.24) is 20.1 Å². The van der Waals surface area contributed by atoms with Gasteiger partial charge in [-0.05, 0) is 61.7 Å². The van der Waals surface area contributed by atoms with Crippen LogP contribution in [-0.4, -0.2) is 51.4 Å². The first-order valence-electron chi connectivity index (χ1n) is 12.0. The van der Waals surface area contributed by atoms with E-state index >= 15 is 0 Å². The number of aliphatic carboxylic acids is 1. The van der Waals surface area contributed by atoms with Gasteiger partial charge in [-0.3, -0.25) is 19.5 Å². The first kappa shape index (κ1) is 23.9. The molecule has 1 amide bonds. The SMILES string of the molecule is O=C(O)Cc1[nH]nc2c1c(=O)n(CCCNC(=O)c1ccc(Cl)cc1)c1ccc(N3CCCC3)cc21. The highest BCUT2D eigenvalue weighted by atomic mass is 35.5. The Bertz CT molecular complexity index is 1500. The van der Waals surface area contributed by atoms with E-state index in [1.54, 1.807) is 28.8 Å². The smallest absolute Gasteiger partial charge is 0.309 e. The minimum Gasteiger partial charge on any atom is -0.481 e. The van der Waals surface area contributed by atoms with Gasteiger partial charge in [-0.15, -0.1) is 0 Å². The molecular formula is C26H26ClN5O4. The molecule has 1 aliphatic rings. The second-order valence-corrected chi connectivity index (χ2v) is 9.40. The number of anilines is 1. The van der Waals surface area contributed by atoms with E-state index in [0.29, 0.717) is 46.7 Å². The third-order valence-corrected chi connectivity index (χ3v) is 6.83. The number of benzene rings is 2. The third-order valence-electron chi connectivity index (χ3n) is 6.58. The summed E-state index contributed by atoms with van der Waals surface area (Å²) in [5, 5.41) is 21.0. The fourth-order valence-corrected chi connectivity index (χ4v) is 4.94. The molecule has 10 heteroatoms. The molecule has 1 aliphatic heterocycles. The number of carboxylic acids is 1. The van der Waals surface area contributed by atoms with Crippen molar-refractivity contribution in [2.75, 3.05) is 24.5 Å². The van der Waals surface area contributed by atoms with Crippen LogP contribution in [0.25, 0.3) is 21.8 Å². The summed E-state index contributed by atoms with van der Waals surface area (Å²) in [7, 11) is 0. The number of amides is 1. The van der Waals surface area contributed by atoms with E-state index in [-0.39, 0.29) is 17.9 Å². The van der Waals surface area contributed by atoms with E-state index in [0.717, 1.165) is 42.5 Å². The van der Waals surface area contributed by atoms with Crippen LogP contribution in [0.2, 0.25) is 5.02 Å². The fourth-order valence-electron chi connectivity index (χ4n) is 4.81. The number of carboxylic acid groups (broad SMARTS) is 1. The highest BCUT2D eigenvalue weighted by molar-refractivity contribution is 6.30. The fraction of sp³-hybridized carbons (Fsp3) is 0.308. The van der Waals surface area contributed by atoms with E-state index in [4.69, 9.17) is 11.6 Å². The molecular weight excluding hydrogens is 482 g/mol. The number of nitrogens with one attached hydrogen (secondary N) is 2. The molecule has 0 bridgehead atoms. The summed E-state index contributed by atoms with van der Waals surface area (Å²) >= 11 is 5.89. The second-order valence-electron chi connectivity index (χ2n) is 8.97. The third kappa shape index (κ3) is 4.66. The predicted molar refractivity (Wildman–Crippen MR) is 139 cm³/mol. The molecule has 2 aromatic carbocycles. The Morgan fingerprint density at radius 3 is 2.58 bits per heavy atom. The quantitative estimate of drug-likeness (QED) is 0.313. The minimum absolute atomic E-state index is 0.215. The second kappa shape index (κ2) is 10.0. The lowest BCUT2D eigenvalue weighted by atomic mass is 10.1. The zero-order chi connectivity index (χ0) is 25.2. The molecule has 1 fully saturated rings. The van der Waals surface area contributed by atoms with Crippen molar-refractivity contribution in [3.05, 3.63) is 69.1 Å². The van der Waals surface area contributed by atoms with E-state index < -0.39 is 5.97 Å². The van der Waals surface area contributed by atoms with Gasteiger partial charge in [-0.1, -0.05) is 11.6 Å². The van der Waals surface area contributed by atoms with Gasteiger partial charge < -0.3 is 19.9 Å². The average molecular weight is 508 g/mol. The number of carbonyl (C=O) groups is 2. The number of hydrogen-bond acceptors (Lipinski definition) is 5. The average Bonchev–Trinajstić information content (AvgIpc) is 3.54. The van der Waals surface area contributed by atoms with Gasteiger partial charge in [0.1, 0.15) is 5.52 Å². The lowest BCUT2D eigenvalue weighted by Gasteiger charge is -2.19. The summed E-state index contributed by atoms with van der Waals surface area (Å²) in [5.41, 5.74) is 2.78. The molecule has 3 heterocycles. The van der Waals surface area contributed by atoms with Crippen molar-refractivity contribution in [2.24, 2.45) is 0 Å². The van der Waals surface area contributed by atoms with Crippen molar-refractivity contribution < 1.29 is 14.7 Å². The maximum absolute atomic E-state index is 13.5.